The predicted octanol–water partition coefficient (Wildman–Crippen LogP) is 2.88. The van der Waals surface area contributed by atoms with Crippen molar-refractivity contribution in [2.45, 2.75) is 0 Å². The summed E-state index contributed by atoms with van der Waals surface area (Å²) >= 11 is 0. The Bertz CT molecular complexity index is 477. The van der Waals surface area contributed by atoms with Crippen LogP contribution in [-0.4, -0.2) is 6.79 Å². The van der Waals surface area contributed by atoms with Gasteiger partial charge in [0.25, 0.3) is 0 Å². The van der Waals surface area contributed by atoms with Gasteiger partial charge in [0.05, 0.1) is 0 Å². The summed E-state index contributed by atoms with van der Waals surface area (Å²) in [7, 11) is 0. The first-order chi connectivity index (χ1) is 7.45. The first kappa shape index (κ1) is 8.36. The van der Waals surface area contributed by atoms with Crippen LogP contribution in [0.3, 0.4) is 0 Å². The van der Waals surface area contributed by atoms with E-state index in [4.69, 9.17) is 9.47 Å². The molecule has 0 amide bonds. The molecule has 1 heterocycles. The lowest BCUT2D eigenvalue weighted by molar-refractivity contribution is 0.174. The highest BCUT2D eigenvalue weighted by molar-refractivity contribution is 5.73. The molecule has 0 bridgehead atoms. The fourth-order valence-electron chi connectivity index (χ4n) is 1.69. The highest BCUT2D eigenvalue weighted by Gasteiger charge is 2.17. The van der Waals surface area contributed by atoms with Crippen molar-refractivity contribution < 1.29 is 9.47 Å². The molecule has 0 atom stereocenters. The van der Waals surface area contributed by atoms with Crippen LogP contribution in [0.15, 0.2) is 42.5 Å². The van der Waals surface area contributed by atoms with Gasteiger partial charge in [-0.2, -0.15) is 0 Å². The first-order valence-electron chi connectivity index (χ1n) is 4.81. The third-order valence-corrected chi connectivity index (χ3v) is 2.39. The Morgan fingerprint density at radius 1 is 1.00 bits per heavy atom. The molecule has 0 saturated heterocycles. The van der Waals surface area contributed by atoms with Gasteiger partial charge < -0.3 is 9.47 Å². The fourth-order valence-corrected chi connectivity index (χ4v) is 1.69. The second kappa shape index (κ2) is 3.31. The van der Waals surface area contributed by atoms with Gasteiger partial charge in [0.2, 0.25) is 6.79 Å². The number of hydrogen-bond acceptors (Lipinski definition) is 2. The summed E-state index contributed by atoms with van der Waals surface area (Å²) in [5.74, 6) is 1.59. The second-order valence-electron chi connectivity index (χ2n) is 3.32. The SMILES string of the molecule is [c]1ccc2c(c1-c1ccccc1)OCO2. The van der Waals surface area contributed by atoms with Crippen molar-refractivity contribution in [2.24, 2.45) is 0 Å². The molecule has 0 N–H and O–H groups in total. The van der Waals surface area contributed by atoms with Crippen molar-refractivity contribution in [1.29, 1.82) is 0 Å². The summed E-state index contributed by atoms with van der Waals surface area (Å²) in [5, 5.41) is 0. The molecule has 0 aliphatic carbocycles. The van der Waals surface area contributed by atoms with Gasteiger partial charge in [0.1, 0.15) is 0 Å². The van der Waals surface area contributed by atoms with Crippen LogP contribution in [0.25, 0.3) is 11.1 Å². The molecule has 1 radical (unpaired) electrons. The molecule has 0 unspecified atom stereocenters. The zero-order valence-corrected chi connectivity index (χ0v) is 8.07. The minimum Gasteiger partial charge on any atom is -0.454 e. The highest BCUT2D eigenvalue weighted by Crippen LogP contribution is 2.40. The molecule has 3 rings (SSSR count). The van der Waals surface area contributed by atoms with E-state index in [2.05, 4.69) is 6.07 Å². The van der Waals surface area contributed by atoms with Crippen LogP contribution < -0.4 is 9.47 Å². The maximum atomic E-state index is 5.43. The molecule has 2 heteroatoms. The number of hydrogen-bond donors (Lipinski definition) is 0. The van der Waals surface area contributed by atoms with Crippen molar-refractivity contribution in [1.82, 2.24) is 0 Å². The average Bonchev–Trinajstić information content (AvgIpc) is 2.78. The van der Waals surface area contributed by atoms with Crippen molar-refractivity contribution >= 4 is 0 Å². The van der Waals surface area contributed by atoms with Crippen LogP contribution in [0.4, 0.5) is 0 Å². The summed E-state index contributed by atoms with van der Waals surface area (Å²) in [5.41, 5.74) is 2.06. The van der Waals surface area contributed by atoms with Crippen molar-refractivity contribution in [2.75, 3.05) is 6.79 Å². The molecule has 2 aromatic carbocycles. The summed E-state index contributed by atoms with van der Waals surface area (Å²) in [6, 6.07) is 17.0. The van der Waals surface area contributed by atoms with Gasteiger partial charge in [-0.25, -0.2) is 0 Å². The fraction of sp³-hybridized carbons (Fsp3) is 0.0769. The zero-order valence-electron chi connectivity index (χ0n) is 8.07. The Labute approximate surface area is 88.1 Å². The van der Waals surface area contributed by atoms with Crippen LogP contribution in [0.2, 0.25) is 0 Å². The molecule has 1 aliphatic rings. The molecular weight excluding hydrogens is 188 g/mol. The summed E-state index contributed by atoms with van der Waals surface area (Å²) in [4.78, 5) is 0. The molecule has 1 aliphatic heterocycles. The molecule has 2 nitrogen and oxygen atoms in total. The number of benzene rings is 2. The van der Waals surface area contributed by atoms with Gasteiger partial charge in [-0.15, -0.1) is 0 Å². The second-order valence-corrected chi connectivity index (χ2v) is 3.32. The number of fused-ring (bicyclic) bond motifs is 1. The summed E-state index contributed by atoms with van der Waals surface area (Å²) < 4.78 is 10.7. The minimum absolute atomic E-state index is 0.299. The Morgan fingerprint density at radius 3 is 2.73 bits per heavy atom. The number of rotatable bonds is 1. The molecule has 0 spiro atoms. The minimum atomic E-state index is 0.299. The van der Waals surface area contributed by atoms with Crippen molar-refractivity contribution in [3.05, 3.63) is 48.5 Å². The molecule has 73 valence electrons. The van der Waals surface area contributed by atoms with Crippen LogP contribution in [-0.2, 0) is 0 Å². The average molecular weight is 197 g/mol. The van der Waals surface area contributed by atoms with E-state index in [1.165, 1.54) is 0 Å². The van der Waals surface area contributed by atoms with E-state index in [1.54, 1.807) is 0 Å². The standard InChI is InChI=1S/C13H9O2/c1-2-5-10(6-3-1)11-7-4-8-12-13(11)15-9-14-12/h1-6,8H,9H2. The maximum Gasteiger partial charge on any atom is 0.231 e. The third kappa shape index (κ3) is 1.34. The highest BCUT2D eigenvalue weighted by atomic mass is 16.7. The van der Waals surface area contributed by atoms with E-state index in [1.807, 2.05) is 42.5 Å². The van der Waals surface area contributed by atoms with Crippen LogP contribution in [0.1, 0.15) is 0 Å². The third-order valence-electron chi connectivity index (χ3n) is 2.39. The van der Waals surface area contributed by atoms with Crippen LogP contribution in [0.5, 0.6) is 11.5 Å². The van der Waals surface area contributed by atoms with Gasteiger partial charge in [0.15, 0.2) is 11.5 Å². The van der Waals surface area contributed by atoms with Crippen LogP contribution in [0, 0.1) is 6.07 Å². The van der Waals surface area contributed by atoms with Crippen molar-refractivity contribution in [3.8, 4) is 22.6 Å². The van der Waals surface area contributed by atoms with E-state index in [9.17, 15) is 0 Å². The molecular formula is C13H9O2. The van der Waals surface area contributed by atoms with Gasteiger partial charge in [-0.05, 0) is 23.8 Å². The van der Waals surface area contributed by atoms with E-state index < -0.39 is 0 Å². The van der Waals surface area contributed by atoms with Gasteiger partial charge in [-0.1, -0.05) is 30.3 Å². The molecule has 2 aromatic rings. The van der Waals surface area contributed by atoms with E-state index in [0.29, 0.717) is 6.79 Å². The zero-order chi connectivity index (χ0) is 10.1. The number of ether oxygens (including phenoxy) is 2. The largest absolute Gasteiger partial charge is 0.454 e. The molecule has 0 saturated carbocycles. The lowest BCUT2D eigenvalue weighted by atomic mass is 10.0. The Hall–Kier alpha value is -1.96. The summed E-state index contributed by atoms with van der Waals surface area (Å²) in [6.07, 6.45) is 0. The van der Waals surface area contributed by atoms with E-state index >= 15 is 0 Å². The van der Waals surface area contributed by atoms with Crippen LogP contribution >= 0.6 is 0 Å². The van der Waals surface area contributed by atoms with Crippen molar-refractivity contribution in [3.63, 3.8) is 0 Å². The lowest BCUT2D eigenvalue weighted by Gasteiger charge is -2.04. The molecule has 0 fully saturated rings. The quantitative estimate of drug-likeness (QED) is 0.699. The molecule has 15 heavy (non-hydrogen) atoms. The van der Waals surface area contributed by atoms with Gasteiger partial charge in [-0.3, -0.25) is 0 Å². The van der Waals surface area contributed by atoms with Gasteiger partial charge in [0, 0.05) is 5.56 Å². The Kier molecular flexibility index (Phi) is 1.85. The first-order valence-corrected chi connectivity index (χ1v) is 4.81. The Morgan fingerprint density at radius 2 is 1.87 bits per heavy atom. The van der Waals surface area contributed by atoms with E-state index in [0.717, 1.165) is 22.6 Å². The normalized spacial score (nSPS) is 12.8. The van der Waals surface area contributed by atoms with Gasteiger partial charge >= 0.3 is 0 Å². The lowest BCUT2D eigenvalue weighted by Crippen LogP contribution is -1.93. The smallest absolute Gasteiger partial charge is 0.231 e. The van der Waals surface area contributed by atoms with E-state index in [-0.39, 0.29) is 0 Å². The Balaban J connectivity index is 2.17. The summed E-state index contributed by atoms with van der Waals surface area (Å²) in [6.45, 7) is 0.299. The maximum absolute atomic E-state index is 5.43. The molecule has 0 aromatic heterocycles. The topological polar surface area (TPSA) is 18.5 Å². The predicted molar refractivity (Wildman–Crippen MR) is 56.8 cm³/mol. The monoisotopic (exact) mass is 197 g/mol.